The molecule has 0 fully saturated rings. The lowest BCUT2D eigenvalue weighted by atomic mass is 10.2. The molecule has 0 atom stereocenters. The molecule has 4 nitrogen and oxygen atoms in total. The molecule has 18 heavy (non-hydrogen) atoms. The summed E-state index contributed by atoms with van der Waals surface area (Å²) in [5, 5.41) is 10.9. The third-order valence-corrected chi connectivity index (χ3v) is 2.78. The summed E-state index contributed by atoms with van der Waals surface area (Å²) in [6.07, 6.45) is 1.61. The van der Waals surface area contributed by atoms with Crippen LogP contribution < -0.4 is 0 Å². The van der Waals surface area contributed by atoms with E-state index in [9.17, 15) is 10.1 Å². The predicted molar refractivity (Wildman–Crippen MR) is 74.5 cm³/mol. The molecule has 0 aromatic heterocycles. The topological polar surface area (TPSA) is 55.5 Å². The van der Waals surface area contributed by atoms with Gasteiger partial charge in [0.05, 0.1) is 4.92 Å². The third kappa shape index (κ3) is 3.01. The second-order valence-electron chi connectivity index (χ2n) is 3.56. The van der Waals surface area contributed by atoms with Crippen LogP contribution in [0.4, 0.5) is 11.4 Å². The molecule has 2 aromatic carbocycles. The summed E-state index contributed by atoms with van der Waals surface area (Å²) < 4.78 is 0.660. The van der Waals surface area contributed by atoms with Crippen molar-refractivity contribution >= 4 is 33.5 Å². The van der Waals surface area contributed by atoms with Gasteiger partial charge >= 0.3 is 0 Å². The molecule has 0 unspecified atom stereocenters. The van der Waals surface area contributed by atoms with E-state index < -0.39 is 4.92 Å². The van der Waals surface area contributed by atoms with Crippen LogP contribution in [0.2, 0.25) is 0 Å². The van der Waals surface area contributed by atoms with Gasteiger partial charge in [-0.1, -0.05) is 46.3 Å². The van der Waals surface area contributed by atoms with Crippen molar-refractivity contribution in [3.8, 4) is 0 Å². The summed E-state index contributed by atoms with van der Waals surface area (Å²) in [5.74, 6) is 0. The van der Waals surface area contributed by atoms with Crippen LogP contribution in [0, 0.1) is 10.1 Å². The zero-order chi connectivity index (χ0) is 13.0. The first-order valence-corrected chi connectivity index (χ1v) is 5.99. The number of benzene rings is 2. The van der Waals surface area contributed by atoms with Crippen LogP contribution in [0.25, 0.3) is 0 Å². The lowest BCUT2D eigenvalue weighted by molar-refractivity contribution is -0.384. The lowest BCUT2D eigenvalue weighted by Crippen LogP contribution is -1.89. The summed E-state index contributed by atoms with van der Waals surface area (Å²) in [6, 6.07) is 14.2. The average Bonchev–Trinajstić information content (AvgIpc) is 2.38. The molecule has 0 saturated carbocycles. The van der Waals surface area contributed by atoms with E-state index in [4.69, 9.17) is 0 Å². The highest BCUT2D eigenvalue weighted by Crippen LogP contribution is 2.30. The molecule has 0 aliphatic carbocycles. The van der Waals surface area contributed by atoms with Gasteiger partial charge in [0.15, 0.2) is 0 Å². The molecule has 0 bridgehead atoms. The van der Waals surface area contributed by atoms with E-state index in [1.54, 1.807) is 18.3 Å². The Morgan fingerprint density at radius 1 is 1.17 bits per heavy atom. The Morgan fingerprint density at radius 3 is 2.56 bits per heavy atom. The molecule has 0 radical (unpaired) electrons. The van der Waals surface area contributed by atoms with Gasteiger partial charge in [-0.15, -0.1) is 0 Å². The highest BCUT2D eigenvalue weighted by Gasteiger charge is 2.12. The van der Waals surface area contributed by atoms with E-state index in [1.807, 2.05) is 30.3 Å². The van der Waals surface area contributed by atoms with Crippen molar-refractivity contribution in [2.45, 2.75) is 0 Å². The lowest BCUT2D eigenvalue weighted by Gasteiger charge is -1.98. The van der Waals surface area contributed by atoms with Crippen molar-refractivity contribution in [1.82, 2.24) is 0 Å². The van der Waals surface area contributed by atoms with Crippen molar-refractivity contribution in [3.05, 3.63) is 68.7 Å². The van der Waals surface area contributed by atoms with Gasteiger partial charge < -0.3 is 0 Å². The van der Waals surface area contributed by atoms with Gasteiger partial charge in [-0.25, -0.2) is 4.99 Å². The molecule has 5 heteroatoms. The van der Waals surface area contributed by atoms with Crippen LogP contribution in [-0.4, -0.2) is 11.1 Å². The second-order valence-corrected chi connectivity index (χ2v) is 4.47. The van der Waals surface area contributed by atoms with Gasteiger partial charge in [0.2, 0.25) is 0 Å². The fraction of sp³-hybridized carbons (Fsp3) is 0. The Balaban J connectivity index is 2.35. The first-order chi connectivity index (χ1) is 8.66. The summed E-state index contributed by atoms with van der Waals surface area (Å²) in [5.41, 5.74) is 1.22. The second kappa shape index (κ2) is 5.55. The van der Waals surface area contributed by atoms with Gasteiger partial charge in [-0.2, -0.15) is 0 Å². The maximum absolute atomic E-state index is 10.9. The SMILES string of the molecule is O=[N+]([O-])c1cc(Br)ccc1N=Cc1ccccc1. The predicted octanol–water partition coefficient (Wildman–Crippen LogP) is 4.11. The zero-order valence-corrected chi connectivity index (χ0v) is 10.9. The third-order valence-electron chi connectivity index (χ3n) is 2.29. The quantitative estimate of drug-likeness (QED) is 0.487. The number of nitrogens with zero attached hydrogens (tertiary/aromatic N) is 2. The smallest absolute Gasteiger partial charge is 0.258 e. The average molecular weight is 305 g/mol. The largest absolute Gasteiger partial charge is 0.295 e. The standard InChI is InChI=1S/C13H9BrN2O2/c14-11-6-7-12(13(8-11)16(17)18)15-9-10-4-2-1-3-5-10/h1-9H. The molecule has 90 valence electrons. The van der Waals surface area contributed by atoms with Gasteiger partial charge in [-0.05, 0) is 17.7 Å². The van der Waals surface area contributed by atoms with Crippen LogP contribution in [-0.2, 0) is 0 Å². The van der Waals surface area contributed by atoms with Crippen LogP contribution >= 0.6 is 15.9 Å². The van der Waals surface area contributed by atoms with Crippen molar-refractivity contribution in [3.63, 3.8) is 0 Å². The Labute approximate surface area is 112 Å². The Bertz CT molecular complexity index is 597. The Hall–Kier alpha value is -2.01. The molecule has 0 heterocycles. The number of nitro groups is 1. The summed E-state index contributed by atoms with van der Waals surface area (Å²) in [7, 11) is 0. The molecular weight excluding hydrogens is 296 g/mol. The van der Waals surface area contributed by atoms with Crippen molar-refractivity contribution < 1.29 is 4.92 Å². The van der Waals surface area contributed by atoms with E-state index >= 15 is 0 Å². The van der Waals surface area contributed by atoms with E-state index in [1.165, 1.54) is 6.07 Å². The molecule has 2 aromatic rings. The van der Waals surface area contributed by atoms with Crippen LogP contribution in [0.15, 0.2) is 58.0 Å². The summed E-state index contributed by atoms with van der Waals surface area (Å²) in [4.78, 5) is 14.6. The molecule has 0 amide bonds. The van der Waals surface area contributed by atoms with Gasteiger partial charge in [0.1, 0.15) is 5.69 Å². The minimum Gasteiger partial charge on any atom is -0.258 e. The molecule has 0 N–H and O–H groups in total. The Morgan fingerprint density at radius 2 is 1.89 bits per heavy atom. The maximum atomic E-state index is 10.9. The van der Waals surface area contributed by atoms with Gasteiger partial charge in [0.25, 0.3) is 5.69 Å². The summed E-state index contributed by atoms with van der Waals surface area (Å²) in [6.45, 7) is 0. The molecule has 0 aliphatic heterocycles. The first-order valence-electron chi connectivity index (χ1n) is 5.20. The van der Waals surface area contributed by atoms with E-state index in [-0.39, 0.29) is 5.69 Å². The zero-order valence-electron chi connectivity index (χ0n) is 9.29. The first kappa shape index (κ1) is 12.4. The van der Waals surface area contributed by atoms with E-state index in [0.717, 1.165) is 5.56 Å². The van der Waals surface area contributed by atoms with Crippen molar-refractivity contribution in [2.75, 3.05) is 0 Å². The van der Waals surface area contributed by atoms with E-state index in [2.05, 4.69) is 20.9 Å². The van der Waals surface area contributed by atoms with Crippen molar-refractivity contribution in [2.24, 2.45) is 4.99 Å². The summed E-state index contributed by atoms with van der Waals surface area (Å²) >= 11 is 3.20. The molecular formula is C13H9BrN2O2. The van der Waals surface area contributed by atoms with Gasteiger partial charge in [-0.3, -0.25) is 10.1 Å². The molecule has 2 rings (SSSR count). The molecule has 0 saturated heterocycles. The number of rotatable bonds is 3. The minimum absolute atomic E-state index is 0.0171. The monoisotopic (exact) mass is 304 g/mol. The fourth-order valence-corrected chi connectivity index (χ4v) is 1.78. The van der Waals surface area contributed by atoms with Crippen LogP contribution in [0.3, 0.4) is 0 Å². The number of hydrogen-bond donors (Lipinski definition) is 0. The number of aliphatic imine (C=N–C) groups is 1. The fourth-order valence-electron chi connectivity index (χ4n) is 1.44. The highest BCUT2D eigenvalue weighted by atomic mass is 79.9. The number of nitro benzene ring substituents is 1. The normalized spacial score (nSPS) is 10.7. The van der Waals surface area contributed by atoms with Gasteiger partial charge in [0, 0.05) is 16.8 Å². The molecule has 0 aliphatic rings. The number of halogens is 1. The number of hydrogen-bond acceptors (Lipinski definition) is 3. The Kier molecular flexibility index (Phi) is 3.84. The van der Waals surface area contributed by atoms with Crippen LogP contribution in [0.5, 0.6) is 0 Å². The van der Waals surface area contributed by atoms with E-state index in [0.29, 0.717) is 10.2 Å². The maximum Gasteiger partial charge on any atom is 0.295 e. The highest BCUT2D eigenvalue weighted by molar-refractivity contribution is 9.10. The van der Waals surface area contributed by atoms with Crippen molar-refractivity contribution in [1.29, 1.82) is 0 Å². The molecule has 0 spiro atoms. The minimum atomic E-state index is -0.442. The van der Waals surface area contributed by atoms with Crippen LogP contribution in [0.1, 0.15) is 5.56 Å².